The van der Waals surface area contributed by atoms with Crippen molar-refractivity contribution in [1.82, 2.24) is 9.55 Å². The van der Waals surface area contributed by atoms with Gasteiger partial charge in [-0.05, 0) is 49.2 Å². The van der Waals surface area contributed by atoms with E-state index in [0.29, 0.717) is 32.0 Å². The highest BCUT2D eigenvalue weighted by molar-refractivity contribution is 5.94. The molecule has 29 heavy (non-hydrogen) atoms. The third-order valence-electron chi connectivity index (χ3n) is 4.79. The molecule has 1 aromatic carbocycles. The Morgan fingerprint density at radius 1 is 1.21 bits per heavy atom. The maximum atomic E-state index is 12.7. The van der Waals surface area contributed by atoms with Gasteiger partial charge < -0.3 is 14.3 Å². The lowest BCUT2D eigenvalue weighted by atomic mass is 10.1. The van der Waals surface area contributed by atoms with Crippen molar-refractivity contribution in [3.8, 4) is 5.75 Å². The van der Waals surface area contributed by atoms with Gasteiger partial charge in [0.1, 0.15) is 12.4 Å². The van der Waals surface area contributed by atoms with Crippen molar-refractivity contribution >= 4 is 17.0 Å². The number of carbonyl (C=O) groups excluding carboxylic acids is 1. The van der Waals surface area contributed by atoms with E-state index in [-0.39, 0.29) is 6.09 Å². The van der Waals surface area contributed by atoms with Crippen molar-refractivity contribution in [2.75, 3.05) is 13.2 Å². The minimum Gasteiger partial charge on any atom is -0.487 e. The zero-order chi connectivity index (χ0) is 20.6. The van der Waals surface area contributed by atoms with Crippen molar-refractivity contribution < 1.29 is 19.1 Å². The first-order valence-corrected chi connectivity index (χ1v) is 9.81. The normalized spacial score (nSPS) is 11.0. The number of unbranched alkanes of at least 4 members (excludes halogenated alkanes) is 1. The highest BCUT2D eigenvalue weighted by Crippen LogP contribution is 2.30. The molecule has 7 heteroatoms. The number of pyridine rings is 1. The molecule has 0 fully saturated rings. The summed E-state index contributed by atoms with van der Waals surface area (Å²) in [7, 11) is 0. The molecule has 0 amide bonds. The van der Waals surface area contributed by atoms with Gasteiger partial charge in [0, 0.05) is 23.7 Å². The molecule has 7 nitrogen and oxygen atoms in total. The molecule has 0 aliphatic carbocycles. The average Bonchev–Trinajstić information content (AvgIpc) is 3.02. The number of hydrogen-bond donors (Lipinski definition) is 1. The fourth-order valence-electron chi connectivity index (χ4n) is 3.27. The molecule has 154 valence electrons. The van der Waals surface area contributed by atoms with Gasteiger partial charge in [-0.25, -0.2) is 15.3 Å². The van der Waals surface area contributed by atoms with E-state index >= 15 is 0 Å². The number of ether oxygens (including phenoxy) is 2. The highest BCUT2D eigenvalue weighted by Gasteiger charge is 2.20. The van der Waals surface area contributed by atoms with E-state index in [2.05, 4.69) is 11.9 Å². The lowest BCUT2D eigenvalue weighted by molar-refractivity contribution is 0.140. The van der Waals surface area contributed by atoms with Gasteiger partial charge in [-0.1, -0.05) is 19.4 Å². The van der Waals surface area contributed by atoms with Gasteiger partial charge >= 0.3 is 6.09 Å². The molecule has 0 spiro atoms. The van der Waals surface area contributed by atoms with Crippen LogP contribution in [0, 0.1) is 6.92 Å². The van der Waals surface area contributed by atoms with E-state index in [4.69, 9.17) is 20.2 Å². The Hall–Kier alpha value is -2.90. The summed E-state index contributed by atoms with van der Waals surface area (Å²) in [6.45, 7) is 5.08. The summed E-state index contributed by atoms with van der Waals surface area (Å²) in [5.74, 6) is 5.93. The molecular formula is C22H27N3O4. The minimum atomic E-state index is -0.372. The summed E-state index contributed by atoms with van der Waals surface area (Å²) in [6, 6.07) is 11.4. The van der Waals surface area contributed by atoms with Crippen LogP contribution >= 0.6 is 0 Å². The monoisotopic (exact) mass is 397 g/mol. The van der Waals surface area contributed by atoms with Crippen LogP contribution < -0.4 is 10.6 Å². The van der Waals surface area contributed by atoms with Gasteiger partial charge in [0.25, 0.3) is 0 Å². The molecule has 0 aliphatic rings. The van der Waals surface area contributed by atoms with Crippen LogP contribution in [0.1, 0.15) is 36.7 Å². The molecule has 0 atom stereocenters. The molecule has 0 saturated heterocycles. The van der Waals surface area contributed by atoms with Crippen molar-refractivity contribution in [1.29, 1.82) is 0 Å². The molecule has 3 rings (SSSR count). The van der Waals surface area contributed by atoms with Gasteiger partial charge in [0.15, 0.2) is 0 Å². The van der Waals surface area contributed by atoms with Crippen LogP contribution in [0.25, 0.3) is 10.9 Å². The van der Waals surface area contributed by atoms with Crippen LogP contribution in [0.4, 0.5) is 4.79 Å². The Labute approximate surface area is 170 Å². The van der Waals surface area contributed by atoms with Crippen molar-refractivity contribution in [2.45, 2.75) is 39.7 Å². The maximum Gasteiger partial charge on any atom is 0.418 e. The van der Waals surface area contributed by atoms with Crippen LogP contribution in [0.2, 0.25) is 0 Å². The molecule has 0 unspecified atom stereocenters. The highest BCUT2D eigenvalue weighted by atomic mass is 16.6. The second kappa shape index (κ2) is 10.0. The van der Waals surface area contributed by atoms with Gasteiger partial charge in [-0.3, -0.25) is 4.98 Å². The first-order chi connectivity index (χ1) is 14.2. The molecule has 2 N–H and O–H groups in total. The Morgan fingerprint density at radius 3 is 2.79 bits per heavy atom. The van der Waals surface area contributed by atoms with Crippen molar-refractivity contribution in [3.63, 3.8) is 0 Å². The largest absolute Gasteiger partial charge is 0.487 e. The summed E-state index contributed by atoms with van der Waals surface area (Å²) >= 11 is 0. The zero-order valence-corrected chi connectivity index (χ0v) is 16.9. The number of carbonyl (C=O) groups is 1. The molecule has 2 aromatic heterocycles. The third kappa shape index (κ3) is 4.93. The lowest BCUT2D eigenvalue weighted by Crippen LogP contribution is -2.16. The molecule has 3 aromatic rings. The van der Waals surface area contributed by atoms with Crippen molar-refractivity contribution in [2.24, 2.45) is 5.90 Å². The number of benzene rings is 1. The van der Waals surface area contributed by atoms with Gasteiger partial charge in [-0.15, -0.1) is 0 Å². The SMILES string of the molecule is CCCCOC(=O)n1c(C)c(CCON)c2cc(OCc3ccccn3)ccc21. The molecule has 0 radical (unpaired) electrons. The van der Waals surface area contributed by atoms with Crippen LogP contribution in [-0.4, -0.2) is 28.9 Å². The number of aromatic nitrogens is 2. The van der Waals surface area contributed by atoms with Gasteiger partial charge in [-0.2, -0.15) is 0 Å². The van der Waals surface area contributed by atoms with Crippen molar-refractivity contribution in [3.05, 3.63) is 59.5 Å². The summed E-state index contributed by atoms with van der Waals surface area (Å²) in [5.41, 5.74) is 3.43. The second-order valence-corrected chi connectivity index (χ2v) is 6.78. The van der Waals surface area contributed by atoms with E-state index in [1.54, 1.807) is 10.8 Å². The van der Waals surface area contributed by atoms with Gasteiger partial charge in [0.2, 0.25) is 0 Å². The fourth-order valence-corrected chi connectivity index (χ4v) is 3.27. The number of nitrogens with zero attached hydrogens (tertiary/aromatic N) is 2. The molecule has 0 aliphatic heterocycles. The van der Waals surface area contributed by atoms with Crippen LogP contribution in [0.15, 0.2) is 42.6 Å². The predicted molar refractivity (Wildman–Crippen MR) is 111 cm³/mol. The van der Waals surface area contributed by atoms with E-state index in [0.717, 1.165) is 40.7 Å². The Balaban J connectivity index is 1.91. The maximum absolute atomic E-state index is 12.7. The summed E-state index contributed by atoms with van der Waals surface area (Å²) < 4.78 is 13.0. The Bertz CT molecular complexity index is 954. The molecule has 2 heterocycles. The quantitative estimate of drug-likeness (QED) is 0.431. The standard InChI is InChI=1S/C22H27N3O4/c1-3-4-12-27-22(26)25-16(2)19(10-13-29-23)20-14-18(8-9-21(20)25)28-15-17-7-5-6-11-24-17/h5-9,11,14H,3-4,10,12-13,15,23H2,1-2H3. The smallest absolute Gasteiger partial charge is 0.418 e. The van der Waals surface area contributed by atoms with E-state index in [1.807, 2.05) is 43.3 Å². The van der Waals surface area contributed by atoms with E-state index in [1.165, 1.54) is 0 Å². The zero-order valence-electron chi connectivity index (χ0n) is 16.9. The Morgan fingerprint density at radius 2 is 2.07 bits per heavy atom. The second-order valence-electron chi connectivity index (χ2n) is 6.78. The number of rotatable bonds is 9. The van der Waals surface area contributed by atoms with Gasteiger partial charge in [0.05, 0.1) is 24.4 Å². The predicted octanol–water partition coefficient (Wildman–Crippen LogP) is 4.14. The fraction of sp³-hybridized carbons (Fsp3) is 0.364. The molecule has 0 saturated carbocycles. The third-order valence-corrected chi connectivity index (χ3v) is 4.79. The topological polar surface area (TPSA) is 88.6 Å². The first kappa shape index (κ1) is 20.8. The molecular weight excluding hydrogens is 370 g/mol. The minimum absolute atomic E-state index is 0.351. The molecule has 0 bridgehead atoms. The average molecular weight is 397 g/mol. The number of fused-ring (bicyclic) bond motifs is 1. The van der Waals surface area contributed by atoms with Crippen LogP contribution in [0.3, 0.4) is 0 Å². The van der Waals surface area contributed by atoms with Crippen LogP contribution in [0.5, 0.6) is 5.75 Å². The Kier molecular flexibility index (Phi) is 7.21. The number of hydrogen-bond acceptors (Lipinski definition) is 6. The summed E-state index contributed by atoms with van der Waals surface area (Å²) in [5, 5.41) is 0.922. The first-order valence-electron chi connectivity index (χ1n) is 9.81. The summed E-state index contributed by atoms with van der Waals surface area (Å²) in [4.78, 5) is 21.7. The van der Waals surface area contributed by atoms with E-state index in [9.17, 15) is 4.79 Å². The lowest BCUT2D eigenvalue weighted by Gasteiger charge is -2.09. The number of nitrogens with two attached hydrogens (primary N) is 1. The van der Waals surface area contributed by atoms with E-state index < -0.39 is 0 Å². The van der Waals surface area contributed by atoms with Crippen LogP contribution in [-0.2, 0) is 22.6 Å². The summed E-state index contributed by atoms with van der Waals surface area (Å²) in [6.07, 6.45) is 3.75.